The fourth-order valence-corrected chi connectivity index (χ4v) is 11.7. The summed E-state index contributed by atoms with van der Waals surface area (Å²) < 4.78 is 27.3. The first-order chi connectivity index (χ1) is 45.3. The van der Waals surface area contributed by atoms with Crippen LogP contribution in [0.3, 0.4) is 0 Å². The Morgan fingerprint density at radius 3 is 1.26 bits per heavy atom. The number of aliphatic carboxylic acids is 1. The molecule has 24 nitrogen and oxygen atoms in total. The minimum absolute atomic E-state index is 0.0206. The van der Waals surface area contributed by atoms with Gasteiger partial charge in [-0.2, -0.15) is 0 Å². The van der Waals surface area contributed by atoms with Crippen LogP contribution >= 0.6 is 0 Å². The van der Waals surface area contributed by atoms with Crippen molar-refractivity contribution in [3.8, 4) is 0 Å². The third-order valence-electron chi connectivity index (χ3n) is 15.7. The lowest BCUT2D eigenvalue weighted by Crippen LogP contribution is -2.42. The van der Waals surface area contributed by atoms with Crippen molar-refractivity contribution in [1.82, 2.24) is 29.7 Å². The fraction of sp³-hybridized carbons (Fsp3) is 0.397. The van der Waals surface area contributed by atoms with Gasteiger partial charge in [0.25, 0.3) is 22.9 Å². The van der Waals surface area contributed by atoms with Crippen LogP contribution < -0.4 is 20.9 Å². The first-order valence-electron chi connectivity index (χ1n) is 31.8. The number of esters is 3. The third-order valence-corrected chi connectivity index (χ3v) is 15.7. The lowest BCUT2D eigenvalue weighted by molar-refractivity contribution is -0.157. The van der Waals surface area contributed by atoms with E-state index in [1.54, 1.807) is 139 Å². The molecule has 97 heavy (non-hydrogen) atoms. The molecule has 2 aliphatic heterocycles. The number of hydrogen-bond acceptors (Lipinski definition) is 17. The molecule has 10 rings (SSSR count). The highest BCUT2D eigenvalue weighted by atomic mass is 16.6. The number of carbonyl (C=O) groups is 8. The molecule has 0 radical (unpaired) electrons. The van der Waals surface area contributed by atoms with Gasteiger partial charge in [0.15, 0.2) is 0 Å². The zero-order chi connectivity index (χ0) is 71.0. The van der Waals surface area contributed by atoms with E-state index in [0.717, 1.165) is 16.3 Å². The third kappa shape index (κ3) is 16.9. The largest absolute Gasteiger partial charge is 0.480 e. The molecule has 0 aliphatic carbocycles. The average molecular weight is 1330 g/mol. The van der Waals surface area contributed by atoms with Gasteiger partial charge in [0.2, 0.25) is 0 Å². The average Bonchev–Trinajstić information content (AvgIpc) is 1.70. The number of carbonyl (C=O) groups excluding carboxylic acids is 7. The maximum atomic E-state index is 13.7. The van der Waals surface area contributed by atoms with Gasteiger partial charge in [0.1, 0.15) is 46.1 Å². The predicted octanol–water partition coefficient (Wildman–Crippen LogP) is 11.8. The number of aromatic amines is 2. The number of aromatic nitrogens is 4. The number of nitrogens with zero attached hydrogens (tertiary/aromatic N) is 6. The van der Waals surface area contributed by atoms with Crippen molar-refractivity contribution in [3.63, 3.8) is 0 Å². The summed E-state index contributed by atoms with van der Waals surface area (Å²) in [5, 5.41) is 14.0. The van der Waals surface area contributed by atoms with Crippen LogP contribution in [0.5, 0.6) is 0 Å². The minimum Gasteiger partial charge on any atom is -0.480 e. The van der Waals surface area contributed by atoms with E-state index in [1.165, 1.54) is 26.7 Å². The quantitative estimate of drug-likeness (QED) is 0.0460. The second-order valence-corrected chi connectivity index (χ2v) is 28.2. The lowest BCUT2D eigenvalue weighted by atomic mass is 10.0. The van der Waals surface area contributed by atoms with E-state index in [4.69, 9.17) is 23.7 Å². The summed E-state index contributed by atoms with van der Waals surface area (Å²) in [6, 6.07) is 26.2. The fourth-order valence-electron chi connectivity index (χ4n) is 11.7. The smallest absolute Gasteiger partial charge is 0.415 e. The van der Waals surface area contributed by atoms with Crippen molar-refractivity contribution in [2.45, 2.75) is 183 Å². The van der Waals surface area contributed by atoms with Crippen molar-refractivity contribution in [2.24, 2.45) is 0 Å². The summed E-state index contributed by atoms with van der Waals surface area (Å²) in [4.78, 5) is 150. The molecule has 0 fully saturated rings. The molecular weight excluding hydrogens is 1240 g/mol. The number of ether oxygens (including phenoxy) is 5. The summed E-state index contributed by atoms with van der Waals surface area (Å²) in [5.74, 6) is -2.77. The summed E-state index contributed by atoms with van der Waals surface area (Å²) >= 11 is 0. The maximum Gasteiger partial charge on any atom is 0.415 e. The molecule has 510 valence electrons. The van der Waals surface area contributed by atoms with E-state index >= 15 is 0 Å². The van der Waals surface area contributed by atoms with Crippen molar-refractivity contribution < 1.29 is 67.1 Å². The molecule has 6 aromatic carbocycles. The number of anilines is 2. The van der Waals surface area contributed by atoms with E-state index < -0.39 is 76.5 Å². The van der Waals surface area contributed by atoms with Gasteiger partial charge in [0, 0.05) is 48.4 Å². The topological polar surface area (TPSA) is 307 Å². The van der Waals surface area contributed by atoms with Gasteiger partial charge in [0.05, 0.1) is 42.0 Å². The van der Waals surface area contributed by atoms with Crippen LogP contribution in [0, 0.1) is 13.8 Å². The molecule has 0 saturated heterocycles. The van der Waals surface area contributed by atoms with Gasteiger partial charge in [-0.25, -0.2) is 29.1 Å². The molecule has 2 unspecified atom stereocenters. The van der Waals surface area contributed by atoms with E-state index in [-0.39, 0.29) is 68.9 Å². The van der Waals surface area contributed by atoms with Crippen LogP contribution in [0.1, 0.15) is 163 Å². The van der Waals surface area contributed by atoms with Gasteiger partial charge < -0.3 is 48.6 Å². The van der Waals surface area contributed by atoms with Crippen molar-refractivity contribution in [3.05, 3.63) is 163 Å². The molecule has 0 bridgehead atoms. The molecular formula is C73H82N8O16. The number of fused-ring (bicyclic) bond motifs is 8. The van der Waals surface area contributed by atoms with Crippen molar-refractivity contribution in [1.29, 1.82) is 0 Å². The number of benzene rings is 6. The van der Waals surface area contributed by atoms with Crippen LogP contribution in [0.15, 0.2) is 107 Å². The Hall–Kier alpha value is -10.5. The van der Waals surface area contributed by atoms with Gasteiger partial charge in [-0.1, -0.05) is 36.4 Å². The molecule has 0 saturated carbocycles. The molecule has 8 aromatic rings. The first-order valence-corrected chi connectivity index (χ1v) is 31.8. The number of H-pyrrole nitrogens is 2. The van der Waals surface area contributed by atoms with Crippen LogP contribution in [0.25, 0.3) is 43.4 Å². The summed E-state index contributed by atoms with van der Waals surface area (Å²) in [6.45, 7) is 24.7. The van der Waals surface area contributed by atoms with Gasteiger partial charge in [-0.15, -0.1) is 0 Å². The highest BCUT2D eigenvalue weighted by molar-refractivity contribution is 6.08. The van der Waals surface area contributed by atoms with E-state index in [0.29, 0.717) is 83.4 Å². The van der Waals surface area contributed by atoms with Gasteiger partial charge >= 0.3 is 36.1 Å². The summed E-state index contributed by atoms with van der Waals surface area (Å²) in [5.41, 5.74) is 1.77. The zero-order valence-corrected chi connectivity index (χ0v) is 57.3. The molecule has 2 aliphatic rings. The maximum absolute atomic E-state index is 13.7. The van der Waals surface area contributed by atoms with Crippen LogP contribution in [0.4, 0.5) is 21.0 Å². The van der Waals surface area contributed by atoms with Crippen molar-refractivity contribution in [2.75, 3.05) is 16.9 Å². The van der Waals surface area contributed by atoms with Crippen LogP contribution in [-0.2, 0) is 69.0 Å². The number of aryl methyl sites for hydroxylation is 2. The van der Waals surface area contributed by atoms with Gasteiger partial charge in [-0.3, -0.25) is 38.6 Å². The highest BCUT2D eigenvalue weighted by Crippen LogP contribution is 2.36. The van der Waals surface area contributed by atoms with Crippen molar-refractivity contribution >= 4 is 103 Å². The number of carboxylic acids is 1. The highest BCUT2D eigenvalue weighted by Gasteiger charge is 2.40. The molecule has 2 atom stereocenters. The molecule has 2 aromatic heterocycles. The number of carboxylic acid groups (broad SMARTS) is 1. The molecule has 0 spiro atoms. The molecule has 24 heteroatoms. The Balaban J connectivity index is 0.000000227. The number of amides is 4. The van der Waals surface area contributed by atoms with E-state index in [1.807, 2.05) is 54.6 Å². The SMILES string of the molecule is COC(=O)C(CCC(=O)OC(C)(C)C)N1Cc2cc(N(Cc3ccc4ccc5nc(C)[nH]c(=O)c5c4c3)C(=O)OC(C)(C)C)ccc2C1=O.Cc1nc2ccc3ccc(CN(C(=O)OC(C)(C)C)c4ccc5c(c4)CN(C(CCC(=O)OC(C)(C)C)C(=O)O)C5=O)cc3c2c(=O)[nH]1. The molecule has 3 N–H and O–H groups in total. The van der Waals surface area contributed by atoms with Crippen LogP contribution in [-0.4, -0.2) is 124 Å². The monoisotopic (exact) mass is 1330 g/mol. The second kappa shape index (κ2) is 27.7. The number of nitrogens with one attached hydrogen (secondary N) is 2. The number of methoxy groups -OCH3 is 1. The van der Waals surface area contributed by atoms with Gasteiger partial charge in [-0.05, 0) is 214 Å². The first kappa shape index (κ1) is 70.8. The Morgan fingerprint density at radius 2 is 0.887 bits per heavy atom. The second-order valence-electron chi connectivity index (χ2n) is 28.2. The standard InChI is InChI=1S/C37H42N4O8.C36H40N4O8/c1-21-38-28-14-11-23-10-9-22(17-27(23)31(28)32(43)39-21)19-40(35(46)49-37(5,6)7)25-12-13-26-24(18-25)20-41(33(26)44)29(34(45)47-8)15-16-30(42)48-36(2,3)4;1-20-37-27-13-10-22-9-8-21(16-26(22)30(27)31(42)38-20)18-39(34(46)48-36(5,6)7)24-11-12-25-23(17-24)19-40(32(25)43)28(33(44)45)14-15-29(41)47-35(2,3)4/h9-14,17-18,29H,15-16,19-20H2,1-8H3,(H,38,39,43);8-13,16-17,28H,14-15,18-19H2,1-7H3,(H,44,45)(H,37,38,42). The Labute approximate surface area is 560 Å². The summed E-state index contributed by atoms with van der Waals surface area (Å²) in [6.07, 6.45) is -1.59. The zero-order valence-electron chi connectivity index (χ0n) is 57.3. The summed E-state index contributed by atoms with van der Waals surface area (Å²) in [7, 11) is 1.23. The minimum atomic E-state index is -1.25. The normalized spacial score (nSPS) is 13.8. The predicted molar refractivity (Wildman–Crippen MR) is 364 cm³/mol. The van der Waals surface area contributed by atoms with E-state index in [9.17, 15) is 53.1 Å². The lowest BCUT2D eigenvalue weighted by Gasteiger charge is -2.28. The Morgan fingerprint density at radius 1 is 0.515 bits per heavy atom. The van der Waals surface area contributed by atoms with E-state index in [2.05, 4.69) is 19.9 Å². The number of hydrogen-bond donors (Lipinski definition) is 3. The Kier molecular flexibility index (Phi) is 20.2. The molecule has 4 heterocycles. The van der Waals surface area contributed by atoms with Crippen LogP contribution in [0.2, 0.25) is 0 Å². The number of rotatable bonds is 16. The molecule has 4 amide bonds. The Bertz CT molecular complexity index is 4600.